The Morgan fingerprint density at radius 1 is 1.16 bits per heavy atom. The minimum atomic E-state index is -3.42. The number of aromatic nitrogens is 3. The number of nitrogens with two attached hydrogens (primary N) is 1. The van der Waals surface area contributed by atoms with E-state index in [0.29, 0.717) is 5.69 Å². The molecule has 0 saturated carbocycles. The van der Waals surface area contributed by atoms with Crippen LogP contribution in [0.5, 0.6) is 0 Å². The lowest BCUT2D eigenvalue weighted by Crippen LogP contribution is -2.22. The van der Waals surface area contributed by atoms with Crippen LogP contribution in [0.3, 0.4) is 0 Å². The van der Waals surface area contributed by atoms with Crippen molar-refractivity contribution in [1.82, 2.24) is 19.5 Å². The number of benzene rings is 1. The van der Waals surface area contributed by atoms with Crippen molar-refractivity contribution < 1.29 is 8.42 Å². The van der Waals surface area contributed by atoms with Gasteiger partial charge in [-0.25, -0.2) is 17.7 Å². The van der Waals surface area contributed by atoms with Crippen molar-refractivity contribution in [2.75, 3.05) is 19.8 Å². The molecule has 0 fully saturated rings. The van der Waals surface area contributed by atoms with Crippen LogP contribution in [0.15, 0.2) is 35.4 Å². The van der Waals surface area contributed by atoms with Gasteiger partial charge in [0, 0.05) is 19.7 Å². The van der Waals surface area contributed by atoms with E-state index in [1.807, 2.05) is 0 Å². The quantitative estimate of drug-likeness (QED) is 0.871. The Morgan fingerprint density at radius 2 is 1.79 bits per heavy atom. The zero-order chi connectivity index (χ0) is 14.0. The minimum absolute atomic E-state index is 0.0717. The second-order valence-corrected chi connectivity index (χ2v) is 6.16. The smallest absolute Gasteiger partial charge is 0.242 e. The molecule has 0 aliphatic rings. The number of anilines is 1. The fraction of sp³-hybridized carbons (Fsp3) is 0.182. The molecule has 2 N–H and O–H groups in total. The number of nitrogen functional groups attached to an aromatic ring is 1. The van der Waals surface area contributed by atoms with Crippen molar-refractivity contribution in [1.29, 1.82) is 0 Å². The van der Waals surface area contributed by atoms with E-state index in [0.717, 1.165) is 9.87 Å². The molecule has 1 aromatic heterocycles. The highest BCUT2D eigenvalue weighted by Crippen LogP contribution is 2.20. The molecule has 0 bridgehead atoms. The van der Waals surface area contributed by atoms with Gasteiger partial charge in [0.1, 0.15) is 0 Å². The summed E-state index contributed by atoms with van der Waals surface area (Å²) in [6.07, 6.45) is 1.46. The van der Waals surface area contributed by atoms with Gasteiger partial charge in [0.2, 0.25) is 16.0 Å². The summed E-state index contributed by atoms with van der Waals surface area (Å²) in [6.45, 7) is 0. The number of sulfonamides is 1. The van der Waals surface area contributed by atoms with E-state index < -0.39 is 10.0 Å². The average Bonchev–Trinajstić information content (AvgIpc) is 2.38. The number of hydrogen-bond acceptors (Lipinski definition) is 6. The Morgan fingerprint density at radius 3 is 2.32 bits per heavy atom. The molecule has 0 spiro atoms. The predicted molar refractivity (Wildman–Crippen MR) is 70.5 cm³/mol. The summed E-state index contributed by atoms with van der Waals surface area (Å²) < 4.78 is 25.0. The van der Waals surface area contributed by atoms with Gasteiger partial charge in [-0.05, 0) is 12.1 Å². The third kappa shape index (κ3) is 2.69. The van der Waals surface area contributed by atoms with Gasteiger partial charge < -0.3 is 5.73 Å². The van der Waals surface area contributed by atoms with Crippen LogP contribution in [0.4, 0.5) is 5.95 Å². The van der Waals surface area contributed by atoms with Crippen molar-refractivity contribution in [2.45, 2.75) is 4.90 Å². The van der Waals surface area contributed by atoms with Crippen molar-refractivity contribution in [3.8, 4) is 11.3 Å². The Balaban J connectivity index is 2.39. The van der Waals surface area contributed by atoms with Crippen molar-refractivity contribution in [3.63, 3.8) is 0 Å². The molecule has 19 heavy (non-hydrogen) atoms. The summed E-state index contributed by atoms with van der Waals surface area (Å²) in [5.74, 6) is 0.0717. The highest BCUT2D eigenvalue weighted by molar-refractivity contribution is 7.89. The van der Waals surface area contributed by atoms with Gasteiger partial charge in [-0.2, -0.15) is 5.10 Å². The normalized spacial score (nSPS) is 11.7. The van der Waals surface area contributed by atoms with Gasteiger partial charge >= 0.3 is 0 Å². The van der Waals surface area contributed by atoms with E-state index in [2.05, 4.69) is 15.2 Å². The molecule has 0 aliphatic heterocycles. The molecule has 100 valence electrons. The first-order valence-corrected chi connectivity index (χ1v) is 6.83. The first kappa shape index (κ1) is 13.4. The predicted octanol–water partition coefficient (Wildman–Crippen LogP) is 0.371. The van der Waals surface area contributed by atoms with Crippen LogP contribution in [0.2, 0.25) is 0 Å². The lowest BCUT2D eigenvalue weighted by atomic mass is 10.2. The molecule has 0 unspecified atom stereocenters. The summed E-state index contributed by atoms with van der Waals surface area (Å²) in [5, 5.41) is 7.26. The van der Waals surface area contributed by atoms with Crippen LogP contribution >= 0.6 is 0 Å². The van der Waals surface area contributed by atoms with Crippen molar-refractivity contribution >= 4 is 16.0 Å². The van der Waals surface area contributed by atoms with Gasteiger partial charge in [-0.3, -0.25) is 0 Å². The SMILES string of the molecule is CN(C)S(=O)(=O)c1ccc(-c2cnnc(N)n2)cc1. The lowest BCUT2D eigenvalue weighted by Gasteiger charge is -2.11. The molecular formula is C11H13N5O2S. The van der Waals surface area contributed by atoms with Gasteiger partial charge in [-0.15, -0.1) is 5.10 Å². The first-order chi connectivity index (χ1) is 8.91. The summed E-state index contributed by atoms with van der Waals surface area (Å²) in [4.78, 5) is 4.23. The monoisotopic (exact) mass is 279 g/mol. The fourth-order valence-electron chi connectivity index (χ4n) is 1.46. The third-order valence-corrected chi connectivity index (χ3v) is 4.33. The lowest BCUT2D eigenvalue weighted by molar-refractivity contribution is 0.521. The van der Waals surface area contributed by atoms with Crippen LogP contribution in [0.1, 0.15) is 0 Å². The zero-order valence-electron chi connectivity index (χ0n) is 10.5. The van der Waals surface area contributed by atoms with Gasteiger partial charge in [-0.1, -0.05) is 12.1 Å². The summed E-state index contributed by atoms with van der Waals surface area (Å²) in [6, 6.07) is 6.34. The largest absolute Gasteiger partial charge is 0.366 e. The zero-order valence-corrected chi connectivity index (χ0v) is 11.3. The standard InChI is InChI=1S/C11H13N5O2S/c1-16(2)19(17,18)9-5-3-8(4-6-9)10-7-13-15-11(12)14-10/h3-7H,1-2H3,(H2,12,14,15). The summed E-state index contributed by atoms with van der Waals surface area (Å²) in [5.41, 5.74) is 6.71. The number of hydrogen-bond donors (Lipinski definition) is 1. The van der Waals surface area contributed by atoms with Crippen LogP contribution in [-0.4, -0.2) is 42.0 Å². The molecule has 7 nitrogen and oxygen atoms in total. The number of rotatable bonds is 3. The maximum absolute atomic E-state index is 11.9. The maximum Gasteiger partial charge on any atom is 0.242 e. The van der Waals surface area contributed by atoms with Crippen LogP contribution in [0.25, 0.3) is 11.3 Å². The van der Waals surface area contributed by atoms with Crippen molar-refractivity contribution in [3.05, 3.63) is 30.5 Å². The average molecular weight is 279 g/mol. The Bertz CT molecular complexity index is 682. The van der Waals surface area contributed by atoms with E-state index in [9.17, 15) is 8.42 Å². The van der Waals surface area contributed by atoms with E-state index in [1.54, 1.807) is 12.1 Å². The molecule has 1 heterocycles. The number of nitrogens with zero attached hydrogens (tertiary/aromatic N) is 4. The summed E-state index contributed by atoms with van der Waals surface area (Å²) in [7, 11) is -0.455. The second-order valence-electron chi connectivity index (χ2n) is 4.01. The molecule has 0 aliphatic carbocycles. The Hall–Kier alpha value is -2.06. The minimum Gasteiger partial charge on any atom is -0.366 e. The maximum atomic E-state index is 11.9. The van der Waals surface area contributed by atoms with Crippen LogP contribution in [0, 0.1) is 0 Å². The van der Waals surface area contributed by atoms with Crippen LogP contribution < -0.4 is 5.73 Å². The molecule has 1 aromatic carbocycles. The first-order valence-electron chi connectivity index (χ1n) is 5.39. The van der Waals surface area contributed by atoms with E-state index in [1.165, 1.54) is 32.4 Å². The van der Waals surface area contributed by atoms with E-state index in [-0.39, 0.29) is 10.8 Å². The van der Waals surface area contributed by atoms with Gasteiger partial charge in [0.15, 0.2) is 0 Å². The van der Waals surface area contributed by atoms with E-state index in [4.69, 9.17) is 5.73 Å². The van der Waals surface area contributed by atoms with Gasteiger partial charge in [0.25, 0.3) is 0 Å². The Labute approximate surface area is 111 Å². The fourth-order valence-corrected chi connectivity index (χ4v) is 2.37. The molecule has 0 amide bonds. The molecular weight excluding hydrogens is 266 g/mol. The van der Waals surface area contributed by atoms with E-state index >= 15 is 0 Å². The molecule has 2 aromatic rings. The molecule has 0 saturated heterocycles. The summed E-state index contributed by atoms with van der Waals surface area (Å²) >= 11 is 0. The molecule has 0 atom stereocenters. The molecule has 2 rings (SSSR count). The highest BCUT2D eigenvalue weighted by Gasteiger charge is 2.16. The highest BCUT2D eigenvalue weighted by atomic mass is 32.2. The van der Waals surface area contributed by atoms with Crippen molar-refractivity contribution in [2.24, 2.45) is 0 Å². The second kappa shape index (κ2) is 4.90. The third-order valence-electron chi connectivity index (χ3n) is 2.50. The Kier molecular flexibility index (Phi) is 3.45. The molecule has 8 heteroatoms. The van der Waals surface area contributed by atoms with Gasteiger partial charge in [0.05, 0.1) is 16.8 Å². The molecule has 0 radical (unpaired) electrons. The van der Waals surface area contributed by atoms with Crippen LogP contribution in [-0.2, 0) is 10.0 Å². The topological polar surface area (TPSA) is 102 Å².